The van der Waals surface area contributed by atoms with Gasteiger partial charge < -0.3 is 19.9 Å². The second-order valence-electron chi connectivity index (χ2n) is 5.35. The minimum Gasteiger partial charge on any atom is -0.495 e. The summed E-state index contributed by atoms with van der Waals surface area (Å²) in [5, 5.41) is 13.6. The molecule has 3 rings (SSSR count). The van der Waals surface area contributed by atoms with Gasteiger partial charge in [-0.05, 0) is 23.9 Å². The number of Topliss-reactive ketones (excluding diaryl/α,β-unsaturated/α-hetero) is 1. The molecule has 2 N–H and O–H groups in total. The molecular formula is C16H19NO4S. The van der Waals surface area contributed by atoms with Crippen molar-refractivity contribution in [1.82, 2.24) is 0 Å². The molecule has 2 heterocycles. The zero-order chi connectivity index (χ0) is 15.7. The zero-order valence-electron chi connectivity index (χ0n) is 12.6. The van der Waals surface area contributed by atoms with Crippen LogP contribution in [0.1, 0.15) is 22.5 Å². The number of thiophene rings is 1. The average Bonchev–Trinajstić information content (AvgIpc) is 2.94. The molecule has 0 amide bonds. The predicted molar refractivity (Wildman–Crippen MR) is 87.2 cm³/mol. The largest absolute Gasteiger partial charge is 0.495 e. The lowest BCUT2D eigenvalue weighted by atomic mass is 10.0. The molecule has 22 heavy (non-hydrogen) atoms. The van der Waals surface area contributed by atoms with Crippen molar-refractivity contribution in [2.75, 3.05) is 26.1 Å². The van der Waals surface area contributed by atoms with Gasteiger partial charge in [0.15, 0.2) is 5.78 Å². The number of aliphatic hydroxyl groups is 1. The number of carbonyl (C=O) groups is 1. The van der Waals surface area contributed by atoms with E-state index < -0.39 is 6.10 Å². The third-order valence-electron chi connectivity index (χ3n) is 3.95. The summed E-state index contributed by atoms with van der Waals surface area (Å²) in [6.07, 6.45) is 0.358. The van der Waals surface area contributed by atoms with Gasteiger partial charge in [-0.15, -0.1) is 11.3 Å². The van der Waals surface area contributed by atoms with E-state index in [1.165, 1.54) is 11.3 Å². The number of benzene rings is 1. The van der Waals surface area contributed by atoms with Crippen molar-refractivity contribution in [2.45, 2.75) is 25.0 Å². The highest BCUT2D eigenvalue weighted by atomic mass is 32.1. The Kier molecular flexibility index (Phi) is 4.33. The van der Waals surface area contributed by atoms with Crippen molar-refractivity contribution in [2.24, 2.45) is 0 Å². The van der Waals surface area contributed by atoms with Crippen molar-refractivity contribution >= 4 is 32.9 Å². The van der Waals surface area contributed by atoms with Crippen LogP contribution in [0.5, 0.6) is 5.75 Å². The lowest BCUT2D eigenvalue weighted by Gasteiger charge is -2.32. The fourth-order valence-electron chi connectivity index (χ4n) is 2.56. The van der Waals surface area contributed by atoms with Gasteiger partial charge in [0.05, 0.1) is 30.4 Å². The van der Waals surface area contributed by atoms with E-state index in [1.807, 2.05) is 25.2 Å². The second kappa shape index (κ2) is 6.24. The van der Waals surface area contributed by atoms with Crippen LogP contribution < -0.4 is 10.1 Å². The fraction of sp³-hybridized carbons (Fsp3) is 0.438. The summed E-state index contributed by atoms with van der Waals surface area (Å²) in [5.74, 6) is 0.857. The number of methoxy groups -OCH3 is 1. The van der Waals surface area contributed by atoms with Crippen molar-refractivity contribution < 1.29 is 19.4 Å². The quantitative estimate of drug-likeness (QED) is 0.801. The lowest BCUT2D eigenvalue weighted by Crippen LogP contribution is -2.44. The van der Waals surface area contributed by atoms with Crippen LogP contribution in [0.2, 0.25) is 0 Å². The summed E-state index contributed by atoms with van der Waals surface area (Å²) >= 11 is 1.47. The first-order valence-electron chi connectivity index (χ1n) is 7.24. The van der Waals surface area contributed by atoms with Crippen molar-refractivity contribution in [3.05, 3.63) is 23.1 Å². The monoisotopic (exact) mass is 321 g/mol. The molecule has 1 aromatic heterocycles. The van der Waals surface area contributed by atoms with Crippen molar-refractivity contribution in [3.63, 3.8) is 0 Å². The van der Waals surface area contributed by atoms with E-state index in [1.54, 1.807) is 7.11 Å². The molecule has 1 aliphatic rings. The molecule has 0 radical (unpaired) electrons. The first-order valence-corrected chi connectivity index (χ1v) is 8.06. The van der Waals surface area contributed by atoms with Crippen LogP contribution in [0.25, 0.3) is 10.1 Å². The molecule has 1 aliphatic heterocycles. The van der Waals surface area contributed by atoms with Gasteiger partial charge in [-0.1, -0.05) is 0 Å². The SMILES string of the molecule is CNc1cc2cc(C(=O)CCC3OCC3O)sc2cc1OC. The third kappa shape index (κ3) is 2.82. The van der Waals surface area contributed by atoms with Gasteiger partial charge in [-0.2, -0.15) is 0 Å². The highest BCUT2D eigenvalue weighted by molar-refractivity contribution is 7.20. The maximum atomic E-state index is 12.3. The highest BCUT2D eigenvalue weighted by Crippen LogP contribution is 2.35. The second-order valence-corrected chi connectivity index (χ2v) is 6.44. The van der Waals surface area contributed by atoms with E-state index in [4.69, 9.17) is 9.47 Å². The number of ketones is 1. The first kappa shape index (κ1) is 15.3. The number of rotatable bonds is 6. The van der Waals surface area contributed by atoms with Gasteiger partial charge in [0.2, 0.25) is 0 Å². The molecule has 1 fully saturated rings. The molecule has 1 aromatic carbocycles. The van der Waals surface area contributed by atoms with Crippen molar-refractivity contribution in [1.29, 1.82) is 0 Å². The molecule has 0 spiro atoms. The number of hydrogen-bond acceptors (Lipinski definition) is 6. The Labute approximate surface area is 132 Å². The highest BCUT2D eigenvalue weighted by Gasteiger charge is 2.30. The summed E-state index contributed by atoms with van der Waals surface area (Å²) in [6, 6.07) is 5.85. The molecule has 5 nitrogen and oxygen atoms in total. The van der Waals surface area contributed by atoms with Crippen LogP contribution >= 0.6 is 11.3 Å². The van der Waals surface area contributed by atoms with E-state index in [0.717, 1.165) is 26.4 Å². The topological polar surface area (TPSA) is 67.8 Å². The number of fused-ring (bicyclic) bond motifs is 1. The number of aliphatic hydroxyl groups excluding tert-OH is 1. The Morgan fingerprint density at radius 3 is 2.91 bits per heavy atom. The number of carbonyl (C=O) groups excluding carboxylic acids is 1. The van der Waals surface area contributed by atoms with Gasteiger partial charge in [-0.25, -0.2) is 0 Å². The van der Waals surface area contributed by atoms with Crippen LogP contribution in [0, 0.1) is 0 Å². The number of nitrogens with one attached hydrogen (secondary N) is 1. The molecule has 6 heteroatoms. The van der Waals surface area contributed by atoms with Gasteiger partial charge in [0.1, 0.15) is 11.9 Å². The Hall–Kier alpha value is -1.63. The predicted octanol–water partition coefficient (Wildman–Crippen LogP) is 2.67. The van der Waals surface area contributed by atoms with Crippen LogP contribution in [0.15, 0.2) is 18.2 Å². The molecule has 2 unspecified atom stereocenters. The standard InChI is InChI=1S/C16H19NO4S/c1-17-10-5-9-6-16(22-15(9)7-14(10)20-2)11(18)3-4-13-12(19)8-21-13/h5-7,12-13,17,19H,3-4,8H2,1-2H3. The van der Waals surface area contributed by atoms with Gasteiger partial charge in [-0.3, -0.25) is 4.79 Å². The van der Waals surface area contributed by atoms with Gasteiger partial charge >= 0.3 is 0 Å². The maximum absolute atomic E-state index is 12.3. The molecule has 0 saturated carbocycles. The van der Waals surface area contributed by atoms with E-state index in [-0.39, 0.29) is 11.9 Å². The Balaban J connectivity index is 1.77. The molecule has 0 aliphatic carbocycles. The van der Waals surface area contributed by atoms with Crippen molar-refractivity contribution in [3.8, 4) is 5.75 Å². The minimum atomic E-state index is -0.419. The van der Waals surface area contributed by atoms with E-state index >= 15 is 0 Å². The third-order valence-corrected chi connectivity index (χ3v) is 5.09. The Bertz CT molecular complexity index is 656. The smallest absolute Gasteiger partial charge is 0.172 e. The van der Waals surface area contributed by atoms with Crippen LogP contribution in [0.4, 0.5) is 5.69 Å². The van der Waals surface area contributed by atoms with Gasteiger partial charge in [0.25, 0.3) is 0 Å². The molecule has 1 saturated heterocycles. The Morgan fingerprint density at radius 2 is 2.32 bits per heavy atom. The zero-order valence-corrected chi connectivity index (χ0v) is 13.4. The first-order chi connectivity index (χ1) is 10.6. The van der Waals surface area contributed by atoms with Gasteiger partial charge in [0, 0.05) is 24.2 Å². The van der Waals surface area contributed by atoms with Crippen LogP contribution in [0.3, 0.4) is 0 Å². The Morgan fingerprint density at radius 1 is 1.50 bits per heavy atom. The van der Waals surface area contributed by atoms with Crippen LogP contribution in [-0.4, -0.2) is 43.9 Å². The summed E-state index contributed by atoms with van der Waals surface area (Å²) in [5.41, 5.74) is 0.901. The van der Waals surface area contributed by atoms with Crippen LogP contribution in [-0.2, 0) is 4.74 Å². The molecule has 0 bridgehead atoms. The number of ether oxygens (including phenoxy) is 2. The normalized spacial score (nSPS) is 20.7. The summed E-state index contributed by atoms with van der Waals surface area (Å²) in [7, 11) is 3.47. The lowest BCUT2D eigenvalue weighted by molar-refractivity contribution is -0.163. The number of anilines is 1. The van der Waals surface area contributed by atoms with E-state index in [2.05, 4.69) is 5.32 Å². The summed E-state index contributed by atoms with van der Waals surface area (Å²) < 4.78 is 11.6. The fourth-order valence-corrected chi connectivity index (χ4v) is 3.60. The molecular weight excluding hydrogens is 302 g/mol. The molecule has 2 aromatic rings. The van der Waals surface area contributed by atoms with E-state index in [0.29, 0.717) is 19.4 Å². The number of hydrogen-bond donors (Lipinski definition) is 2. The average molecular weight is 321 g/mol. The molecule has 2 atom stereocenters. The van der Waals surface area contributed by atoms with E-state index in [9.17, 15) is 9.90 Å². The summed E-state index contributed by atoms with van der Waals surface area (Å²) in [6.45, 7) is 0.383. The minimum absolute atomic E-state index is 0.0916. The maximum Gasteiger partial charge on any atom is 0.172 e. The molecule has 118 valence electrons. The summed E-state index contributed by atoms with van der Waals surface area (Å²) in [4.78, 5) is 13.0.